The third-order valence-corrected chi connectivity index (χ3v) is 4.58. The molecule has 0 atom stereocenters. The number of rotatable bonds is 5. The summed E-state index contributed by atoms with van der Waals surface area (Å²) in [5.41, 5.74) is 2.90. The number of carbonyl (C=O) groups is 2. The monoisotopic (exact) mass is 362 g/mol. The average molecular weight is 362 g/mol. The highest BCUT2D eigenvalue weighted by atomic mass is 32.1. The quantitative estimate of drug-likeness (QED) is 0.630. The normalized spacial score (nSPS) is 10.7. The maximum absolute atomic E-state index is 12.3. The van der Waals surface area contributed by atoms with Gasteiger partial charge in [-0.1, -0.05) is 24.3 Å². The molecule has 0 aliphatic carbocycles. The summed E-state index contributed by atoms with van der Waals surface area (Å²) in [4.78, 5) is 25.3. The van der Waals surface area contributed by atoms with Gasteiger partial charge in [0.05, 0.1) is 0 Å². The maximum atomic E-state index is 12.3. The van der Waals surface area contributed by atoms with Gasteiger partial charge in [0, 0.05) is 27.9 Å². The molecule has 2 amide bonds. The highest BCUT2D eigenvalue weighted by Gasteiger charge is 2.08. The predicted octanol–water partition coefficient (Wildman–Crippen LogP) is 4.96. The lowest BCUT2D eigenvalue weighted by molar-refractivity contribution is -0.111. The van der Waals surface area contributed by atoms with Crippen LogP contribution in [0.15, 0.2) is 72.1 Å². The number of amides is 2. The van der Waals surface area contributed by atoms with Crippen LogP contribution in [0, 0.1) is 6.92 Å². The lowest BCUT2D eigenvalue weighted by Crippen LogP contribution is -2.13. The van der Waals surface area contributed by atoms with Crippen LogP contribution in [-0.4, -0.2) is 11.8 Å². The Morgan fingerprint density at radius 1 is 0.885 bits per heavy atom. The molecular weight excluding hydrogens is 344 g/mol. The fourth-order valence-corrected chi connectivity index (χ4v) is 3.01. The SMILES string of the molecule is Cc1ccccc1C(=O)Nc1ccc(NC(=O)/C=C/c2cccs2)cc1. The molecule has 0 saturated carbocycles. The minimum absolute atomic E-state index is 0.154. The van der Waals surface area contributed by atoms with Gasteiger partial charge in [-0.15, -0.1) is 11.3 Å². The third-order valence-electron chi connectivity index (χ3n) is 3.74. The number of aryl methyl sites for hydroxylation is 1. The molecule has 0 bridgehead atoms. The van der Waals surface area contributed by atoms with Crippen molar-refractivity contribution in [2.24, 2.45) is 0 Å². The van der Waals surface area contributed by atoms with Crippen LogP contribution >= 0.6 is 11.3 Å². The molecule has 3 rings (SSSR count). The Hall–Kier alpha value is -3.18. The van der Waals surface area contributed by atoms with E-state index in [-0.39, 0.29) is 11.8 Å². The van der Waals surface area contributed by atoms with Crippen LogP contribution < -0.4 is 10.6 Å². The van der Waals surface area contributed by atoms with Crippen molar-refractivity contribution in [3.8, 4) is 0 Å². The van der Waals surface area contributed by atoms with E-state index in [1.165, 1.54) is 6.08 Å². The Labute approximate surface area is 156 Å². The Morgan fingerprint density at radius 2 is 1.58 bits per heavy atom. The van der Waals surface area contributed by atoms with Crippen LogP contribution in [-0.2, 0) is 4.79 Å². The van der Waals surface area contributed by atoms with Gasteiger partial charge in [0.25, 0.3) is 5.91 Å². The van der Waals surface area contributed by atoms with E-state index in [9.17, 15) is 9.59 Å². The summed E-state index contributed by atoms with van der Waals surface area (Å²) in [7, 11) is 0. The van der Waals surface area contributed by atoms with E-state index in [0.29, 0.717) is 16.9 Å². The summed E-state index contributed by atoms with van der Waals surface area (Å²) in [6.45, 7) is 1.90. The Bertz CT molecular complexity index is 929. The predicted molar refractivity (Wildman–Crippen MR) is 108 cm³/mol. The zero-order valence-electron chi connectivity index (χ0n) is 14.2. The molecule has 2 N–H and O–H groups in total. The van der Waals surface area contributed by atoms with Crippen LogP contribution in [0.2, 0.25) is 0 Å². The number of benzene rings is 2. The first-order valence-corrected chi connectivity index (χ1v) is 8.99. The van der Waals surface area contributed by atoms with E-state index < -0.39 is 0 Å². The van der Waals surface area contributed by atoms with Crippen molar-refractivity contribution in [3.05, 3.63) is 88.1 Å². The third kappa shape index (κ3) is 4.68. The van der Waals surface area contributed by atoms with Crippen LogP contribution in [0.5, 0.6) is 0 Å². The van der Waals surface area contributed by atoms with Crippen LogP contribution in [0.25, 0.3) is 6.08 Å². The topological polar surface area (TPSA) is 58.2 Å². The van der Waals surface area contributed by atoms with Crippen LogP contribution in [0.3, 0.4) is 0 Å². The first-order valence-electron chi connectivity index (χ1n) is 8.11. The van der Waals surface area contributed by atoms with Crippen LogP contribution in [0.1, 0.15) is 20.8 Å². The Kier molecular flexibility index (Phi) is 5.61. The summed E-state index contributed by atoms with van der Waals surface area (Å²) in [6.07, 6.45) is 3.27. The molecule has 5 heteroatoms. The van der Waals surface area contributed by atoms with E-state index in [4.69, 9.17) is 0 Å². The molecule has 1 aromatic heterocycles. The van der Waals surface area contributed by atoms with E-state index in [2.05, 4.69) is 10.6 Å². The number of nitrogens with one attached hydrogen (secondary N) is 2. The molecule has 0 aliphatic heterocycles. The molecular formula is C21H18N2O2S. The maximum Gasteiger partial charge on any atom is 0.255 e. The summed E-state index contributed by atoms with van der Waals surface area (Å²) >= 11 is 1.57. The standard InChI is InChI=1S/C21H18N2O2S/c1-15-5-2-3-7-19(15)21(25)23-17-10-8-16(9-11-17)22-20(24)13-12-18-6-4-14-26-18/h2-14H,1H3,(H,22,24)(H,23,25)/b13-12+. The summed E-state index contributed by atoms with van der Waals surface area (Å²) < 4.78 is 0. The molecule has 3 aromatic rings. The Morgan fingerprint density at radius 3 is 2.23 bits per heavy atom. The molecule has 0 aliphatic rings. The zero-order chi connectivity index (χ0) is 18.4. The molecule has 0 spiro atoms. The molecule has 26 heavy (non-hydrogen) atoms. The van der Waals surface area contributed by atoms with Gasteiger partial charge < -0.3 is 10.6 Å². The fourth-order valence-electron chi connectivity index (χ4n) is 2.39. The summed E-state index contributed by atoms with van der Waals surface area (Å²) in [5, 5.41) is 7.61. The molecule has 2 aromatic carbocycles. The molecule has 0 unspecified atom stereocenters. The second kappa shape index (κ2) is 8.27. The van der Waals surface area contributed by atoms with Gasteiger partial charge in [-0.3, -0.25) is 9.59 Å². The van der Waals surface area contributed by atoms with E-state index >= 15 is 0 Å². The summed E-state index contributed by atoms with van der Waals surface area (Å²) in [6, 6.07) is 18.3. The van der Waals surface area contributed by atoms with Gasteiger partial charge in [0.1, 0.15) is 0 Å². The average Bonchev–Trinajstić information content (AvgIpc) is 3.15. The number of thiophene rings is 1. The minimum Gasteiger partial charge on any atom is -0.323 e. The molecule has 4 nitrogen and oxygen atoms in total. The number of anilines is 2. The number of hydrogen-bond donors (Lipinski definition) is 2. The molecule has 0 saturated heterocycles. The Balaban J connectivity index is 1.59. The number of hydrogen-bond acceptors (Lipinski definition) is 3. The van der Waals surface area contributed by atoms with Crippen molar-refractivity contribution in [1.29, 1.82) is 0 Å². The largest absolute Gasteiger partial charge is 0.323 e. The number of carbonyl (C=O) groups excluding carboxylic acids is 2. The molecule has 130 valence electrons. The lowest BCUT2D eigenvalue weighted by atomic mass is 10.1. The second-order valence-electron chi connectivity index (χ2n) is 5.68. The summed E-state index contributed by atoms with van der Waals surface area (Å²) in [5.74, 6) is -0.353. The van der Waals surface area contributed by atoms with Gasteiger partial charge in [-0.25, -0.2) is 0 Å². The highest BCUT2D eigenvalue weighted by molar-refractivity contribution is 7.10. The van der Waals surface area contributed by atoms with Crippen molar-refractivity contribution in [3.63, 3.8) is 0 Å². The van der Waals surface area contributed by atoms with Gasteiger partial charge in [-0.2, -0.15) is 0 Å². The van der Waals surface area contributed by atoms with E-state index in [1.807, 2.05) is 42.6 Å². The molecule has 1 heterocycles. The van der Waals surface area contributed by atoms with E-state index in [1.54, 1.807) is 47.7 Å². The smallest absolute Gasteiger partial charge is 0.255 e. The highest BCUT2D eigenvalue weighted by Crippen LogP contribution is 2.16. The zero-order valence-corrected chi connectivity index (χ0v) is 15.0. The van der Waals surface area contributed by atoms with E-state index in [0.717, 1.165) is 10.4 Å². The second-order valence-corrected chi connectivity index (χ2v) is 6.66. The van der Waals surface area contributed by atoms with Crippen molar-refractivity contribution < 1.29 is 9.59 Å². The first kappa shape index (κ1) is 17.6. The van der Waals surface area contributed by atoms with Gasteiger partial charge >= 0.3 is 0 Å². The minimum atomic E-state index is -0.199. The first-order chi connectivity index (χ1) is 12.6. The fraction of sp³-hybridized carbons (Fsp3) is 0.0476. The molecule has 0 fully saturated rings. The lowest BCUT2D eigenvalue weighted by Gasteiger charge is -2.08. The molecule has 0 radical (unpaired) electrons. The van der Waals surface area contributed by atoms with Crippen molar-refractivity contribution >= 4 is 40.6 Å². The van der Waals surface area contributed by atoms with Crippen LogP contribution in [0.4, 0.5) is 11.4 Å². The van der Waals surface area contributed by atoms with Crippen molar-refractivity contribution in [1.82, 2.24) is 0 Å². The van der Waals surface area contributed by atoms with Gasteiger partial charge in [0.2, 0.25) is 5.91 Å². The van der Waals surface area contributed by atoms with Crippen molar-refractivity contribution in [2.75, 3.05) is 10.6 Å². The van der Waals surface area contributed by atoms with Crippen molar-refractivity contribution in [2.45, 2.75) is 6.92 Å². The van der Waals surface area contributed by atoms with Gasteiger partial charge in [-0.05, 0) is 60.3 Å². The van der Waals surface area contributed by atoms with Gasteiger partial charge in [0.15, 0.2) is 0 Å².